The number of benzene rings is 1. The lowest BCUT2D eigenvalue weighted by Gasteiger charge is -2.33. The fourth-order valence-corrected chi connectivity index (χ4v) is 4.30. The average Bonchev–Trinajstić information content (AvgIpc) is 3.72. The van der Waals surface area contributed by atoms with Crippen LogP contribution in [-0.4, -0.2) is 67.3 Å². The second-order valence-corrected chi connectivity index (χ2v) is 9.52. The number of rotatable bonds is 4. The molecule has 0 unspecified atom stereocenters. The van der Waals surface area contributed by atoms with Crippen LogP contribution in [0.25, 0.3) is 0 Å². The van der Waals surface area contributed by atoms with Gasteiger partial charge in [0.2, 0.25) is 0 Å². The summed E-state index contributed by atoms with van der Waals surface area (Å²) in [5.41, 5.74) is -7.74. The summed E-state index contributed by atoms with van der Waals surface area (Å²) in [6, 6.07) is 3.74. The Kier molecular flexibility index (Phi) is 5.31. The number of hydrazone groups is 2. The number of alkyl halides is 6. The van der Waals surface area contributed by atoms with Crippen molar-refractivity contribution in [2.75, 3.05) is 0 Å². The van der Waals surface area contributed by atoms with Gasteiger partial charge in [0.25, 0.3) is 23.3 Å². The molecule has 2 amide bonds. The minimum atomic E-state index is -5.20. The maximum absolute atomic E-state index is 13.6. The number of nitrogens with zero attached hydrogens (tertiary/aromatic N) is 4. The predicted molar refractivity (Wildman–Crippen MR) is 110 cm³/mol. The molecule has 4 aliphatic rings. The van der Waals surface area contributed by atoms with Gasteiger partial charge < -0.3 is 10.2 Å². The maximum atomic E-state index is 13.6. The van der Waals surface area contributed by atoms with E-state index in [1.165, 1.54) is 0 Å². The van der Waals surface area contributed by atoms with E-state index in [1.807, 2.05) is 0 Å². The third-order valence-corrected chi connectivity index (χ3v) is 6.78. The van der Waals surface area contributed by atoms with Crippen LogP contribution < -0.4 is 0 Å². The van der Waals surface area contributed by atoms with Crippen molar-refractivity contribution in [1.82, 2.24) is 10.0 Å². The van der Waals surface area contributed by atoms with Gasteiger partial charge in [0.1, 0.15) is 0 Å². The lowest BCUT2D eigenvalue weighted by Crippen LogP contribution is -2.57. The molecule has 2 saturated carbocycles. The van der Waals surface area contributed by atoms with Crippen LogP contribution in [0.3, 0.4) is 0 Å². The summed E-state index contributed by atoms with van der Waals surface area (Å²) < 4.78 is 81.8. The van der Waals surface area contributed by atoms with Crippen molar-refractivity contribution in [1.29, 1.82) is 0 Å². The molecule has 0 saturated heterocycles. The Hall–Kier alpha value is -3.00. The van der Waals surface area contributed by atoms with Crippen molar-refractivity contribution in [2.24, 2.45) is 22.0 Å². The van der Waals surface area contributed by atoms with E-state index < -0.39 is 48.5 Å². The van der Waals surface area contributed by atoms with Crippen LogP contribution in [0.5, 0.6) is 0 Å². The molecule has 2 aliphatic heterocycles. The van der Waals surface area contributed by atoms with Gasteiger partial charge in [-0.25, -0.2) is 0 Å². The molecule has 1 aromatic rings. The van der Waals surface area contributed by atoms with E-state index in [-0.39, 0.29) is 44.4 Å². The Labute approximate surface area is 199 Å². The molecule has 194 valence electrons. The minimum absolute atomic E-state index is 0.0352. The third kappa shape index (κ3) is 3.86. The first-order chi connectivity index (χ1) is 16.7. The van der Waals surface area contributed by atoms with E-state index in [1.54, 1.807) is 0 Å². The molecule has 0 radical (unpaired) electrons. The molecule has 14 heteroatoms. The SMILES string of the molecule is O=C(c1ccc(C(=O)N2N=C(C3CC3)C[C@]2(O)C(F)(F)F)cc1)N1N=C(C2CC2)C[C@]1(O)C(F)(F)F. The van der Waals surface area contributed by atoms with Gasteiger partial charge >= 0.3 is 12.4 Å². The predicted octanol–water partition coefficient (Wildman–Crippen LogP) is 3.41. The van der Waals surface area contributed by atoms with Crippen molar-refractivity contribution in [3.63, 3.8) is 0 Å². The summed E-state index contributed by atoms with van der Waals surface area (Å²) >= 11 is 0. The van der Waals surface area contributed by atoms with Crippen LogP contribution in [0.15, 0.2) is 34.5 Å². The smallest absolute Gasteiger partial charge is 0.362 e. The Morgan fingerprint density at radius 1 is 0.722 bits per heavy atom. The van der Waals surface area contributed by atoms with Crippen molar-refractivity contribution >= 4 is 23.2 Å². The Bertz CT molecular complexity index is 1080. The number of halogens is 6. The molecule has 0 bridgehead atoms. The first-order valence-electron chi connectivity index (χ1n) is 11.2. The summed E-state index contributed by atoms with van der Waals surface area (Å²) in [5.74, 6) is -3.09. The molecule has 8 nitrogen and oxygen atoms in total. The second-order valence-electron chi connectivity index (χ2n) is 9.52. The number of carbonyl (C=O) groups excluding carboxylic acids is 2. The van der Waals surface area contributed by atoms with Crippen LogP contribution in [0, 0.1) is 11.8 Å². The highest BCUT2D eigenvalue weighted by Crippen LogP contribution is 2.47. The van der Waals surface area contributed by atoms with Crippen molar-refractivity contribution in [3.05, 3.63) is 35.4 Å². The highest BCUT2D eigenvalue weighted by Gasteiger charge is 2.65. The molecular weight excluding hydrogens is 498 g/mol. The summed E-state index contributed by atoms with van der Waals surface area (Å²) in [6.45, 7) is 0. The molecular formula is C22H20F6N4O4. The molecule has 2 N–H and O–H groups in total. The highest BCUT2D eigenvalue weighted by molar-refractivity contribution is 6.02. The topological polar surface area (TPSA) is 106 Å². The molecule has 2 atom stereocenters. The average molecular weight is 518 g/mol. The van der Waals surface area contributed by atoms with Crippen LogP contribution in [0.1, 0.15) is 59.2 Å². The Morgan fingerprint density at radius 2 is 1.03 bits per heavy atom. The molecule has 2 fully saturated rings. The van der Waals surface area contributed by atoms with Gasteiger partial charge in [-0.2, -0.15) is 46.6 Å². The number of carbonyl (C=O) groups is 2. The molecule has 0 aromatic heterocycles. The molecule has 5 rings (SSSR count). The Balaban J connectivity index is 1.40. The zero-order valence-electron chi connectivity index (χ0n) is 18.5. The van der Waals surface area contributed by atoms with E-state index in [9.17, 15) is 46.1 Å². The standard InChI is InChI=1S/C22H20F6N4O4/c23-21(24,25)19(35)9-15(11-1-2-11)29-31(19)17(33)13-5-7-14(8-6-13)18(34)32-20(36,22(26,27)28)10-16(30-32)12-3-4-12/h5-8,11-12,35-36H,1-4,9-10H2/t19-,20-/m0/s1. The molecule has 2 heterocycles. The third-order valence-electron chi connectivity index (χ3n) is 6.78. The molecule has 1 aromatic carbocycles. The van der Waals surface area contributed by atoms with Gasteiger partial charge in [-0.15, -0.1) is 0 Å². The van der Waals surface area contributed by atoms with Crippen LogP contribution >= 0.6 is 0 Å². The monoisotopic (exact) mass is 518 g/mol. The quantitative estimate of drug-likeness (QED) is 0.596. The Morgan fingerprint density at radius 3 is 1.28 bits per heavy atom. The molecule has 2 aliphatic carbocycles. The summed E-state index contributed by atoms with van der Waals surface area (Å²) in [5, 5.41) is 28.0. The zero-order chi connectivity index (χ0) is 26.3. The van der Waals surface area contributed by atoms with E-state index in [4.69, 9.17) is 0 Å². The molecule has 0 spiro atoms. The van der Waals surface area contributed by atoms with E-state index in [2.05, 4.69) is 10.2 Å². The second kappa shape index (κ2) is 7.75. The van der Waals surface area contributed by atoms with Gasteiger partial charge in [0.15, 0.2) is 0 Å². The fourth-order valence-electron chi connectivity index (χ4n) is 4.30. The van der Waals surface area contributed by atoms with Gasteiger partial charge in [0.05, 0.1) is 0 Å². The number of amides is 2. The van der Waals surface area contributed by atoms with E-state index >= 15 is 0 Å². The van der Waals surface area contributed by atoms with Crippen molar-refractivity contribution in [3.8, 4) is 0 Å². The summed E-state index contributed by atoms with van der Waals surface area (Å²) in [4.78, 5) is 25.7. The zero-order valence-corrected chi connectivity index (χ0v) is 18.5. The van der Waals surface area contributed by atoms with Crippen molar-refractivity contribution in [2.45, 2.75) is 62.3 Å². The fraction of sp³-hybridized carbons (Fsp3) is 0.545. The van der Waals surface area contributed by atoms with Crippen LogP contribution in [0.4, 0.5) is 26.3 Å². The highest BCUT2D eigenvalue weighted by atomic mass is 19.4. The molecule has 36 heavy (non-hydrogen) atoms. The van der Waals surface area contributed by atoms with E-state index in [0.717, 1.165) is 24.3 Å². The van der Waals surface area contributed by atoms with Gasteiger partial charge in [0, 0.05) is 35.4 Å². The van der Waals surface area contributed by atoms with Crippen LogP contribution in [-0.2, 0) is 0 Å². The number of aliphatic hydroxyl groups is 2. The summed E-state index contributed by atoms with van der Waals surface area (Å²) in [7, 11) is 0. The maximum Gasteiger partial charge on any atom is 0.438 e. The van der Waals surface area contributed by atoms with Crippen LogP contribution in [0.2, 0.25) is 0 Å². The first kappa shape index (κ1) is 24.7. The van der Waals surface area contributed by atoms with Gasteiger partial charge in [-0.1, -0.05) is 0 Å². The van der Waals surface area contributed by atoms with Crippen molar-refractivity contribution < 1.29 is 46.1 Å². The largest absolute Gasteiger partial charge is 0.438 e. The minimum Gasteiger partial charge on any atom is -0.362 e. The lowest BCUT2D eigenvalue weighted by atomic mass is 10.0. The first-order valence-corrected chi connectivity index (χ1v) is 11.2. The number of hydrogen-bond acceptors (Lipinski definition) is 6. The lowest BCUT2D eigenvalue weighted by molar-refractivity contribution is -0.297. The normalized spacial score (nSPS) is 28.9. The number of hydrogen-bond donors (Lipinski definition) is 2. The van der Waals surface area contributed by atoms with E-state index in [0.29, 0.717) is 25.7 Å². The summed E-state index contributed by atoms with van der Waals surface area (Å²) in [6.07, 6.45) is -9.78. The van der Waals surface area contributed by atoms with Gasteiger partial charge in [-0.05, 0) is 61.8 Å². The van der Waals surface area contributed by atoms with Gasteiger partial charge in [-0.3, -0.25) is 9.59 Å².